The number of H-pyrrole nitrogens is 2. The lowest BCUT2D eigenvalue weighted by atomic mass is 9.92. The number of imidazole rings is 2. The summed E-state index contributed by atoms with van der Waals surface area (Å²) in [6, 6.07) is 14.2. The maximum atomic E-state index is 13.9. The second kappa shape index (κ2) is 13.3. The molecular weight excluding hydrogens is 646 g/mol. The summed E-state index contributed by atoms with van der Waals surface area (Å²) in [7, 11) is 3.06. The van der Waals surface area contributed by atoms with Gasteiger partial charge < -0.3 is 39.7 Å². The van der Waals surface area contributed by atoms with Gasteiger partial charge in [-0.15, -0.1) is 0 Å². The molecule has 2 amide bonds. The van der Waals surface area contributed by atoms with Crippen LogP contribution in [-0.4, -0.2) is 76.3 Å². The van der Waals surface area contributed by atoms with Crippen LogP contribution in [0.4, 0.5) is 4.79 Å². The third-order valence-electron chi connectivity index (χ3n) is 10.9. The summed E-state index contributed by atoms with van der Waals surface area (Å²) in [6.07, 6.45) is 3.92. The summed E-state index contributed by atoms with van der Waals surface area (Å²) in [5.74, 6) is 2.78. The van der Waals surface area contributed by atoms with Crippen molar-refractivity contribution in [2.24, 2.45) is 11.8 Å². The number of carbonyl (C=O) groups excluding carboxylic acids is 2. The number of ether oxygens (including phenoxy) is 3. The molecule has 3 aliphatic heterocycles. The van der Waals surface area contributed by atoms with Crippen LogP contribution in [0, 0.1) is 11.8 Å². The Kier molecular flexibility index (Phi) is 8.67. The first kappa shape index (κ1) is 33.2. The van der Waals surface area contributed by atoms with Crippen molar-refractivity contribution in [2.45, 2.75) is 70.8 Å². The van der Waals surface area contributed by atoms with E-state index in [4.69, 9.17) is 24.2 Å². The fraction of sp³-hybridized carbons (Fsp3) is 0.436. The van der Waals surface area contributed by atoms with Crippen LogP contribution in [-0.2, 0) is 20.9 Å². The highest BCUT2D eigenvalue weighted by molar-refractivity contribution is 6.07. The maximum absolute atomic E-state index is 13.9. The molecule has 5 atom stereocenters. The minimum Gasteiger partial charge on any atom is -0.488 e. The van der Waals surface area contributed by atoms with Crippen molar-refractivity contribution in [2.75, 3.05) is 27.4 Å². The fourth-order valence-electron chi connectivity index (χ4n) is 8.16. The molecule has 2 saturated heterocycles. The number of fused-ring (bicyclic) bond motifs is 6. The Morgan fingerprint density at radius 2 is 1.92 bits per heavy atom. The topological polar surface area (TPSA) is 146 Å². The first-order chi connectivity index (χ1) is 24.7. The van der Waals surface area contributed by atoms with Crippen LogP contribution in [0.25, 0.3) is 44.2 Å². The van der Waals surface area contributed by atoms with Gasteiger partial charge in [-0.05, 0) is 84.4 Å². The summed E-state index contributed by atoms with van der Waals surface area (Å²) in [5.41, 5.74) is 7.14. The molecule has 0 spiro atoms. The predicted molar refractivity (Wildman–Crippen MR) is 194 cm³/mol. The number of hydrogen-bond acceptors (Lipinski definition) is 8. The van der Waals surface area contributed by atoms with Gasteiger partial charge in [-0.3, -0.25) is 4.79 Å². The monoisotopic (exact) mass is 691 g/mol. The normalized spacial score (nSPS) is 21.9. The molecule has 5 aromatic rings. The van der Waals surface area contributed by atoms with E-state index in [2.05, 4.69) is 63.9 Å². The zero-order valence-corrected chi connectivity index (χ0v) is 29.7. The molecule has 0 saturated carbocycles. The number of alkyl carbamates (subject to hydrolysis) is 1. The average molecular weight is 692 g/mol. The number of aromatic amines is 2. The van der Waals surface area contributed by atoms with Crippen molar-refractivity contribution in [3.63, 3.8) is 0 Å². The second-order valence-corrected chi connectivity index (χ2v) is 14.6. The van der Waals surface area contributed by atoms with Gasteiger partial charge in [0, 0.05) is 30.6 Å². The Labute approximate surface area is 296 Å². The quantitative estimate of drug-likeness (QED) is 0.146. The highest BCUT2D eigenvalue weighted by Crippen LogP contribution is 2.43. The van der Waals surface area contributed by atoms with Crippen LogP contribution in [0.15, 0.2) is 48.7 Å². The number of nitrogens with one attached hydrogen (secondary N) is 4. The first-order valence-electron chi connectivity index (χ1n) is 17.9. The molecule has 3 aliphatic rings. The third-order valence-corrected chi connectivity index (χ3v) is 10.9. The van der Waals surface area contributed by atoms with Crippen LogP contribution in [0.3, 0.4) is 0 Å². The Balaban J connectivity index is 1.07. The molecule has 12 nitrogen and oxygen atoms in total. The molecule has 5 heterocycles. The van der Waals surface area contributed by atoms with Crippen LogP contribution >= 0.6 is 0 Å². The van der Waals surface area contributed by atoms with Crippen molar-refractivity contribution in [1.82, 2.24) is 35.5 Å². The summed E-state index contributed by atoms with van der Waals surface area (Å²) in [6.45, 7) is 8.04. The smallest absolute Gasteiger partial charge is 0.407 e. The predicted octanol–water partition coefficient (Wildman–Crippen LogP) is 6.40. The number of carbonyl (C=O) groups is 2. The van der Waals surface area contributed by atoms with Gasteiger partial charge in [0.1, 0.15) is 30.0 Å². The van der Waals surface area contributed by atoms with Gasteiger partial charge in [0.25, 0.3) is 0 Å². The van der Waals surface area contributed by atoms with Crippen molar-refractivity contribution < 1.29 is 23.8 Å². The lowest BCUT2D eigenvalue weighted by molar-refractivity contribution is -0.137. The number of aromatic nitrogens is 4. The van der Waals surface area contributed by atoms with Gasteiger partial charge in [0.05, 0.1) is 48.7 Å². The van der Waals surface area contributed by atoms with E-state index in [9.17, 15) is 9.59 Å². The number of amides is 2. The number of benzene rings is 3. The molecular formula is C39H45N7O5. The van der Waals surface area contributed by atoms with Crippen molar-refractivity contribution >= 4 is 33.8 Å². The first-order valence-corrected chi connectivity index (χ1v) is 17.9. The molecule has 0 radical (unpaired) electrons. The van der Waals surface area contributed by atoms with Gasteiger partial charge in [0.15, 0.2) is 0 Å². The highest BCUT2D eigenvalue weighted by atomic mass is 16.5. The lowest BCUT2D eigenvalue weighted by Crippen LogP contribution is -2.52. The molecule has 4 N–H and O–H groups in total. The van der Waals surface area contributed by atoms with Crippen LogP contribution in [0.2, 0.25) is 0 Å². The number of likely N-dealkylation sites (tertiary alicyclic amines) is 1. The van der Waals surface area contributed by atoms with Gasteiger partial charge in [-0.2, -0.15) is 0 Å². The number of nitrogens with zero attached hydrogens (tertiary/aromatic N) is 3. The zero-order chi connectivity index (χ0) is 35.4. The largest absolute Gasteiger partial charge is 0.488 e. The van der Waals surface area contributed by atoms with Gasteiger partial charge >= 0.3 is 6.09 Å². The number of hydrogen-bond donors (Lipinski definition) is 4. The van der Waals surface area contributed by atoms with E-state index in [0.29, 0.717) is 12.5 Å². The van der Waals surface area contributed by atoms with Crippen LogP contribution < -0.4 is 15.4 Å². The SMILES string of the molecule is COCC1CN[C@H](c2ncc(-c3ccc4c(c3)COc3cc5c(ccc6nc([C@@H]7CC[C@H](C)N7C(=O)[C@@H](NC(=O)OC)C(C)C)[nH]c65)cc3-4)[nH]2)C1. The molecule has 12 heteroatoms. The summed E-state index contributed by atoms with van der Waals surface area (Å²) >= 11 is 0. The van der Waals surface area contributed by atoms with E-state index in [1.807, 2.05) is 31.0 Å². The van der Waals surface area contributed by atoms with Gasteiger partial charge in [-0.25, -0.2) is 14.8 Å². The summed E-state index contributed by atoms with van der Waals surface area (Å²) in [4.78, 5) is 44.7. The van der Waals surface area contributed by atoms with E-state index < -0.39 is 12.1 Å². The fourth-order valence-corrected chi connectivity index (χ4v) is 8.16. The van der Waals surface area contributed by atoms with E-state index in [0.717, 1.165) is 99.6 Å². The van der Waals surface area contributed by atoms with Gasteiger partial charge in [0.2, 0.25) is 5.91 Å². The lowest BCUT2D eigenvalue weighted by Gasteiger charge is -2.32. The summed E-state index contributed by atoms with van der Waals surface area (Å²) < 4.78 is 16.6. The molecule has 2 fully saturated rings. The van der Waals surface area contributed by atoms with Crippen molar-refractivity contribution in [1.29, 1.82) is 0 Å². The second-order valence-electron chi connectivity index (χ2n) is 14.6. The molecule has 8 rings (SSSR count). The number of methoxy groups -OCH3 is 2. The average Bonchev–Trinajstić information content (AvgIpc) is 3.95. The maximum Gasteiger partial charge on any atom is 0.407 e. The molecule has 3 aromatic carbocycles. The summed E-state index contributed by atoms with van der Waals surface area (Å²) in [5, 5.41) is 8.39. The van der Waals surface area contributed by atoms with E-state index >= 15 is 0 Å². The van der Waals surface area contributed by atoms with Crippen molar-refractivity contribution in [3.8, 4) is 28.1 Å². The molecule has 266 valence electrons. The third kappa shape index (κ3) is 5.99. The van der Waals surface area contributed by atoms with Crippen molar-refractivity contribution in [3.05, 3.63) is 65.9 Å². The molecule has 2 aromatic heterocycles. The Hall–Kier alpha value is -4.94. The molecule has 0 bridgehead atoms. The number of rotatable bonds is 8. The van der Waals surface area contributed by atoms with Crippen LogP contribution in [0.1, 0.15) is 69.3 Å². The standard InChI is InChI=1S/C39H45N7O5/c1-20(2)34(45-39(48)50-5)38(47)46-21(3)6-11-32(46)37-42-29-10-8-23-14-28-26-9-7-24(13-25(26)19-51-33(28)15-27(23)35(29)44-37)31-17-41-36(43-31)30-12-22(16-40-30)18-49-4/h7-10,13-15,17,20-22,30,32,34,40H,6,11-12,16,18-19H2,1-5H3,(H,41,43)(H,42,44)(H,45,48)/t21-,22?,30-,32-,34-/m0/s1. The van der Waals surface area contributed by atoms with E-state index in [-0.39, 0.29) is 30.0 Å². The van der Waals surface area contributed by atoms with E-state index in [1.165, 1.54) is 7.11 Å². The Morgan fingerprint density at radius 3 is 2.73 bits per heavy atom. The van der Waals surface area contributed by atoms with Crippen LogP contribution in [0.5, 0.6) is 5.75 Å². The molecule has 1 unspecified atom stereocenters. The zero-order valence-electron chi connectivity index (χ0n) is 29.7. The molecule has 51 heavy (non-hydrogen) atoms. The Morgan fingerprint density at radius 1 is 1.06 bits per heavy atom. The highest BCUT2D eigenvalue weighted by Gasteiger charge is 2.41. The van der Waals surface area contributed by atoms with Gasteiger partial charge in [-0.1, -0.05) is 32.0 Å². The van der Waals surface area contributed by atoms with E-state index in [1.54, 1.807) is 7.11 Å². The minimum atomic E-state index is -0.700. The molecule has 0 aliphatic carbocycles. The Bertz CT molecular complexity index is 2120. The minimum absolute atomic E-state index is 0.00243.